The molecule has 0 atom stereocenters. The molecule has 24 heavy (non-hydrogen) atoms. The Labute approximate surface area is 144 Å². The van der Waals surface area contributed by atoms with Gasteiger partial charge in [-0.25, -0.2) is 10.2 Å². The van der Waals surface area contributed by atoms with Crippen molar-refractivity contribution in [3.8, 4) is 0 Å². The fourth-order valence-corrected chi connectivity index (χ4v) is 2.69. The van der Waals surface area contributed by atoms with Gasteiger partial charge in [-0.05, 0) is 36.8 Å². The van der Waals surface area contributed by atoms with E-state index in [0.717, 1.165) is 4.90 Å². The Balaban J connectivity index is 1.72. The van der Waals surface area contributed by atoms with Crippen molar-refractivity contribution < 1.29 is 14.7 Å². The highest BCUT2D eigenvalue weighted by Gasteiger charge is 2.02. The highest BCUT2D eigenvalue weighted by atomic mass is 32.2. The fraction of sp³-hybridized carbons (Fsp3) is 0.167. The first-order chi connectivity index (χ1) is 11.5. The molecule has 0 aliphatic carbocycles. The van der Waals surface area contributed by atoms with Gasteiger partial charge in [-0.15, -0.1) is 11.8 Å². The van der Waals surface area contributed by atoms with E-state index in [-0.39, 0.29) is 11.5 Å². The van der Waals surface area contributed by atoms with E-state index in [1.165, 1.54) is 23.9 Å². The van der Waals surface area contributed by atoms with E-state index in [0.29, 0.717) is 17.7 Å². The minimum absolute atomic E-state index is 0.159. The number of carbonyl (C=O) groups is 2. The van der Waals surface area contributed by atoms with Gasteiger partial charge in [0.05, 0.1) is 11.8 Å². The second kappa shape index (κ2) is 8.88. The van der Waals surface area contributed by atoms with Crippen LogP contribution in [-0.4, -0.2) is 29.0 Å². The average Bonchev–Trinajstić information content (AvgIpc) is 2.57. The first-order valence-corrected chi connectivity index (χ1v) is 8.38. The maximum Gasteiger partial charge on any atom is 0.335 e. The van der Waals surface area contributed by atoms with E-state index >= 15 is 0 Å². The quantitative estimate of drug-likeness (QED) is 0.460. The van der Waals surface area contributed by atoms with Crippen LogP contribution in [0.3, 0.4) is 0 Å². The maximum absolute atomic E-state index is 11.7. The molecule has 0 aromatic heterocycles. The molecule has 1 amide bonds. The number of carboxylic acids is 1. The van der Waals surface area contributed by atoms with Crippen LogP contribution < -0.4 is 5.43 Å². The van der Waals surface area contributed by atoms with Crippen molar-refractivity contribution in [2.75, 3.05) is 5.75 Å². The Morgan fingerprint density at radius 1 is 1.12 bits per heavy atom. The van der Waals surface area contributed by atoms with Crippen LogP contribution in [0.4, 0.5) is 0 Å². The number of hydrazone groups is 1. The predicted molar refractivity (Wildman–Crippen MR) is 95.7 cm³/mol. The molecule has 6 heteroatoms. The first kappa shape index (κ1) is 17.7. The van der Waals surface area contributed by atoms with E-state index in [2.05, 4.69) is 10.5 Å². The summed E-state index contributed by atoms with van der Waals surface area (Å²) in [5.74, 6) is -0.455. The Morgan fingerprint density at radius 3 is 2.42 bits per heavy atom. The van der Waals surface area contributed by atoms with Crippen molar-refractivity contribution >= 4 is 29.9 Å². The zero-order valence-corrected chi connectivity index (χ0v) is 14.0. The van der Waals surface area contributed by atoms with Crippen LogP contribution in [0.2, 0.25) is 0 Å². The molecule has 0 spiro atoms. The molecule has 124 valence electrons. The highest BCUT2D eigenvalue weighted by molar-refractivity contribution is 7.99. The zero-order chi connectivity index (χ0) is 17.4. The third-order valence-electron chi connectivity index (χ3n) is 3.18. The average molecular weight is 342 g/mol. The van der Waals surface area contributed by atoms with Crippen LogP contribution in [0.5, 0.6) is 0 Å². The second-order valence-electron chi connectivity index (χ2n) is 5.13. The van der Waals surface area contributed by atoms with Crippen molar-refractivity contribution in [2.24, 2.45) is 5.10 Å². The van der Waals surface area contributed by atoms with Gasteiger partial charge in [-0.2, -0.15) is 5.10 Å². The topological polar surface area (TPSA) is 78.8 Å². The van der Waals surface area contributed by atoms with Crippen molar-refractivity contribution in [1.82, 2.24) is 5.43 Å². The third-order valence-corrected chi connectivity index (χ3v) is 4.19. The number of hydrogen-bond acceptors (Lipinski definition) is 4. The monoisotopic (exact) mass is 342 g/mol. The van der Waals surface area contributed by atoms with E-state index < -0.39 is 5.97 Å². The number of carbonyl (C=O) groups excluding carboxylic acids is 1. The normalized spacial score (nSPS) is 10.7. The molecule has 0 unspecified atom stereocenters. The van der Waals surface area contributed by atoms with E-state index in [1.807, 2.05) is 31.2 Å². The molecular formula is C18H18N2O3S. The summed E-state index contributed by atoms with van der Waals surface area (Å²) in [6.45, 7) is 2.04. The number of benzene rings is 2. The van der Waals surface area contributed by atoms with Gasteiger partial charge < -0.3 is 5.11 Å². The molecule has 0 fully saturated rings. The van der Waals surface area contributed by atoms with Crippen molar-refractivity contribution in [3.63, 3.8) is 0 Å². The Bertz CT molecular complexity index is 725. The summed E-state index contributed by atoms with van der Waals surface area (Å²) in [7, 11) is 0. The van der Waals surface area contributed by atoms with Gasteiger partial charge in [0.2, 0.25) is 5.91 Å². The van der Waals surface area contributed by atoms with Crippen molar-refractivity contribution in [2.45, 2.75) is 18.2 Å². The van der Waals surface area contributed by atoms with Crippen LogP contribution in [0.15, 0.2) is 58.5 Å². The lowest BCUT2D eigenvalue weighted by molar-refractivity contribution is -0.120. The number of amides is 1. The number of rotatable bonds is 7. The molecule has 0 radical (unpaired) electrons. The van der Waals surface area contributed by atoms with Gasteiger partial charge in [0, 0.05) is 17.1 Å². The molecule has 0 aliphatic rings. The Hall–Kier alpha value is -2.60. The number of carboxylic acid groups (broad SMARTS) is 1. The standard InChI is InChI=1S/C18H18N2O3S/c1-13-2-8-16(9-3-13)24-11-10-17(21)20-19-12-14-4-6-15(7-5-14)18(22)23/h2-9,12H,10-11H2,1H3,(H,20,21)(H,22,23)/b19-12-. The molecule has 0 aliphatic heterocycles. The fourth-order valence-electron chi connectivity index (χ4n) is 1.84. The maximum atomic E-state index is 11.7. The number of nitrogens with zero attached hydrogens (tertiary/aromatic N) is 1. The van der Waals surface area contributed by atoms with Gasteiger partial charge in [-0.3, -0.25) is 4.79 Å². The van der Waals surface area contributed by atoms with Gasteiger partial charge in [0.1, 0.15) is 0 Å². The number of aryl methyl sites for hydroxylation is 1. The second-order valence-corrected chi connectivity index (χ2v) is 6.30. The molecule has 5 nitrogen and oxygen atoms in total. The SMILES string of the molecule is Cc1ccc(SCCC(=O)N/N=C\c2ccc(C(=O)O)cc2)cc1. The third kappa shape index (κ3) is 5.89. The predicted octanol–water partition coefficient (Wildman–Crippen LogP) is 3.33. The lowest BCUT2D eigenvalue weighted by Crippen LogP contribution is -2.17. The molecule has 2 aromatic carbocycles. The summed E-state index contributed by atoms with van der Waals surface area (Å²) in [5, 5.41) is 12.7. The summed E-state index contributed by atoms with van der Waals surface area (Å²) in [6.07, 6.45) is 1.85. The number of aromatic carboxylic acids is 1. The molecule has 2 N–H and O–H groups in total. The first-order valence-electron chi connectivity index (χ1n) is 7.39. The van der Waals surface area contributed by atoms with Crippen LogP contribution in [0.25, 0.3) is 0 Å². The molecule has 2 rings (SSSR count). The summed E-state index contributed by atoms with van der Waals surface area (Å²) >= 11 is 1.62. The molecule has 0 saturated heterocycles. The highest BCUT2D eigenvalue weighted by Crippen LogP contribution is 2.18. The Morgan fingerprint density at radius 2 is 1.79 bits per heavy atom. The van der Waals surface area contributed by atoms with Crippen LogP contribution in [0, 0.1) is 6.92 Å². The summed E-state index contributed by atoms with van der Waals surface area (Å²) in [5.41, 5.74) is 4.61. The van der Waals surface area contributed by atoms with Crippen LogP contribution >= 0.6 is 11.8 Å². The number of thioether (sulfide) groups is 1. The molecule has 0 bridgehead atoms. The van der Waals surface area contributed by atoms with Gasteiger partial charge >= 0.3 is 5.97 Å². The van der Waals surface area contributed by atoms with Gasteiger partial charge in [0.15, 0.2) is 0 Å². The molecule has 0 saturated carbocycles. The van der Waals surface area contributed by atoms with E-state index in [9.17, 15) is 9.59 Å². The molecule has 0 heterocycles. The Kier molecular flexibility index (Phi) is 6.57. The number of nitrogens with one attached hydrogen (secondary N) is 1. The zero-order valence-electron chi connectivity index (χ0n) is 13.2. The minimum Gasteiger partial charge on any atom is -0.478 e. The smallest absolute Gasteiger partial charge is 0.335 e. The largest absolute Gasteiger partial charge is 0.478 e. The van der Waals surface area contributed by atoms with Crippen molar-refractivity contribution in [3.05, 3.63) is 65.2 Å². The van der Waals surface area contributed by atoms with Crippen LogP contribution in [-0.2, 0) is 4.79 Å². The lowest BCUT2D eigenvalue weighted by Gasteiger charge is -2.02. The summed E-state index contributed by atoms with van der Waals surface area (Å²) in [4.78, 5) is 23.6. The number of hydrogen-bond donors (Lipinski definition) is 2. The van der Waals surface area contributed by atoms with Crippen LogP contribution in [0.1, 0.15) is 27.9 Å². The lowest BCUT2D eigenvalue weighted by atomic mass is 10.1. The molecule has 2 aromatic rings. The van der Waals surface area contributed by atoms with E-state index in [1.54, 1.807) is 23.9 Å². The van der Waals surface area contributed by atoms with Crippen molar-refractivity contribution in [1.29, 1.82) is 0 Å². The minimum atomic E-state index is -0.974. The van der Waals surface area contributed by atoms with Gasteiger partial charge in [0.25, 0.3) is 0 Å². The summed E-state index contributed by atoms with van der Waals surface area (Å²) in [6, 6.07) is 14.4. The van der Waals surface area contributed by atoms with Gasteiger partial charge in [-0.1, -0.05) is 29.8 Å². The molecular weight excluding hydrogens is 324 g/mol. The summed E-state index contributed by atoms with van der Waals surface area (Å²) < 4.78 is 0. The van der Waals surface area contributed by atoms with E-state index in [4.69, 9.17) is 5.11 Å².